The van der Waals surface area contributed by atoms with Gasteiger partial charge in [-0.2, -0.15) is 5.10 Å². The number of ketones is 1. The van der Waals surface area contributed by atoms with Crippen LogP contribution in [0, 0.1) is 0 Å². The predicted octanol–water partition coefficient (Wildman–Crippen LogP) is 2.13. The molecule has 0 aliphatic heterocycles. The number of ether oxygens (including phenoxy) is 1. The molecular weight excluding hydrogens is 216 g/mol. The van der Waals surface area contributed by atoms with Gasteiger partial charge in [0.2, 0.25) is 0 Å². The van der Waals surface area contributed by atoms with E-state index in [-0.39, 0.29) is 5.78 Å². The van der Waals surface area contributed by atoms with Crippen LogP contribution in [0.1, 0.15) is 39.2 Å². The van der Waals surface area contributed by atoms with Crippen molar-refractivity contribution < 1.29 is 9.53 Å². The van der Waals surface area contributed by atoms with Crippen LogP contribution in [0.5, 0.6) is 0 Å². The van der Waals surface area contributed by atoms with Crippen molar-refractivity contribution in [3.63, 3.8) is 0 Å². The zero-order valence-corrected chi connectivity index (χ0v) is 11.2. The van der Waals surface area contributed by atoms with Crippen molar-refractivity contribution in [2.24, 2.45) is 7.05 Å². The summed E-state index contributed by atoms with van der Waals surface area (Å²) in [5.74, 6) is 0.172. The van der Waals surface area contributed by atoms with Gasteiger partial charge in [0.1, 0.15) is 5.60 Å². The number of rotatable bonds is 7. The van der Waals surface area contributed by atoms with Gasteiger partial charge in [-0.15, -0.1) is 0 Å². The van der Waals surface area contributed by atoms with E-state index in [1.54, 1.807) is 10.9 Å². The van der Waals surface area contributed by atoms with Gasteiger partial charge < -0.3 is 4.74 Å². The van der Waals surface area contributed by atoms with Gasteiger partial charge in [0.05, 0.1) is 6.20 Å². The second-order valence-electron chi connectivity index (χ2n) is 4.46. The number of hydrogen-bond donors (Lipinski definition) is 0. The van der Waals surface area contributed by atoms with Crippen molar-refractivity contribution >= 4 is 5.78 Å². The molecule has 0 aliphatic carbocycles. The predicted molar refractivity (Wildman–Crippen MR) is 66.9 cm³/mol. The summed E-state index contributed by atoms with van der Waals surface area (Å²) >= 11 is 0. The molecule has 0 amide bonds. The zero-order valence-electron chi connectivity index (χ0n) is 11.2. The fourth-order valence-corrected chi connectivity index (χ4v) is 1.82. The molecule has 1 heterocycles. The highest BCUT2D eigenvalue weighted by Crippen LogP contribution is 2.19. The monoisotopic (exact) mass is 238 g/mol. The van der Waals surface area contributed by atoms with E-state index in [4.69, 9.17) is 4.74 Å². The maximum atomic E-state index is 12.1. The van der Waals surface area contributed by atoms with Gasteiger partial charge in [-0.3, -0.25) is 9.48 Å². The van der Waals surface area contributed by atoms with Crippen molar-refractivity contribution in [1.29, 1.82) is 0 Å². The van der Waals surface area contributed by atoms with Crippen molar-refractivity contribution in [1.82, 2.24) is 9.78 Å². The van der Waals surface area contributed by atoms with Crippen molar-refractivity contribution in [3.8, 4) is 0 Å². The van der Waals surface area contributed by atoms with E-state index in [0.29, 0.717) is 19.4 Å². The maximum Gasteiger partial charge on any atom is 0.164 e. The van der Waals surface area contributed by atoms with Gasteiger partial charge in [-0.25, -0.2) is 0 Å². The minimum Gasteiger partial charge on any atom is -0.368 e. The highest BCUT2D eigenvalue weighted by Gasteiger charge is 2.30. The number of aromatic nitrogens is 2. The third-order valence-electron chi connectivity index (χ3n) is 3.13. The van der Waals surface area contributed by atoms with Crippen LogP contribution in [0.2, 0.25) is 0 Å². The average Bonchev–Trinajstić information content (AvgIpc) is 2.72. The van der Waals surface area contributed by atoms with Crippen LogP contribution in [0.4, 0.5) is 0 Å². The number of carbonyl (C=O) groups excluding carboxylic acids is 1. The summed E-state index contributed by atoms with van der Waals surface area (Å²) in [6, 6.07) is 0. The lowest BCUT2D eigenvalue weighted by molar-refractivity contribution is -0.142. The molecule has 0 saturated carbocycles. The lowest BCUT2D eigenvalue weighted by atomic mass is 9.93. The fraction of sp³-hybridized carbons (Fsp3) is 0.692. The van der Waals surface area contributed by atoms with Crippen LogP contribution in [0.15, 0.2) is 12.4 Å². The SMILES string of the molecule is CCOC(C)(CC)C(=O)CCc1cnn(C)c1. The van der Waals surface area contributed by atoms with Crippen molar-refractivity contribution in [2.75, 3.05) is 6.61 Å². The second-order valence-corrected chi connectivity index (χ2v) is 4.46. The first kappa shape index (κ1) is 13.9. The van der Waals surface area contributed by atoms with Gasteiger partial charge in [-0.05, 0) is 32.3 Å². The van der Waals surface area contributed by atoms with E-state index in [0.717, 1.165) is 12.0 Å². The number of carbonyl (C=O) groups is 1. The average molecular weight is 238 g/mol. The van der Waals surface area contributed by atoms with Crippen LogP contribution >= 0.6 is 0 Å². The molecule has 0 N–H and O–H groups in total. The summed E-state index contributed by atoms with van der Waals surface area (Å²) in [6.45, 7) is 6.35. The molecule has 0 spiro atoms. The molecule has 0 aliphatic rings. The Hall–Kier alpha value is -1.16. The highest BCUT2D eigenvalue weighted by molar-refractivity contribution is 5.87. The Morgan fingerprint density at radius 1 is 1.53 bits per heavy atom. The van der Waals surface area contributed by atoms with Crippen LogP contribution < -0.4 is 0 Å². The molecule has 0 bridgehead atoms. The lowest BCUT2D eigenvalue weighted by Crippen LogP contribution is -2.38. The Balaban J connectivity index is 2.53. The Morgan fingerprint density at radius 3 is 2.71 bits per heavy atom. The van der Waals surface area contributed by atoms with Crippen LogP contribution in [-0.4, -0.2) is 27.8 Å². The molecule has 0 radical (unpaired) electrons. The summed E-state index contributed by atoms with van der Waals surface area (Å²) in [4.78, 5) is 12.1. The van der Waals surface area contributed by atoms with Gasteiger partial charge >= 0.3 is 0 Å². The Bertz CT molecular complexity index is 373. The van der Waals surface area contributed by atoms with Crippen LogP contribution in [0.25, 0.3) is 0 Å². The summed E-state index contributed by atoms with van der Waals surface area (Å²) in [7, 11) is 1.88. The van der Waals surface area contributed by atoms with Gasteiger partial charge in [0.25, 0.3) is 0 Å². The fourth-order valence-electron chi connectivity index (χ4n) is 1.82. The minimum atomic E-state index is -0.628. The first-order valence-electron chi connectivity index (χ1n) is 6.16. The Kier molecular flexibility index (Phi) is 4.87. The molecule has 1 aromatic heterocycles. The van der Waals surface area contributed by atoms with E-state index in [1.165, 1.54) is 0 Å². The molecule has 0 saturated heterocycles. The molecule has 0 aromatic carbocycles. The molecule has 1 unspecified atom stereocenters. The molecule has 1 aromatic rings. The third-order valence-corrected chi connectivity index (χ3v) is 3.13. The lowest BCUT2D eigenvalue weighted by Gasteiger charge is -2.26. The summed E-state index contributed by atoms with van der Waals surface area (Å²) in [5.41, 5.74) is 0.465. The maximum absolute atomic E-state index is 12.1. The summed E-state index contributed by atoms with van der Waals surface area (Å²) < 4.78 is 7.32. The zero-order chi connectivity index (χ0) is 12.9. The quantitative estimate of drug-likeness (QED) is 0.731. The first-order chi connectivity index (χ1) is 8.01. The molecule has 96 valence electrons. The molecular formula is C13H22N2O2. The highest BCUT2D eigenvalue weighted by atomic mass is 16.5. The molecule has 17 heavy (non-hydrogen) atoms. The molecule has 0 fully saturated rings. The number of aryl methyl sites for hydroxylation is 2. The van der Waals surface area contributed by atoms with E-state index in [9.17, 15) is 4.79 Å². The van der Waals surface area contributed by atoms with E-state index in [2.05, 4.69) is 5.10 Å². The van der Waals surface area contributed by atoms with Crippen molar-refractivity contribution in [3.05, 3.63) is 18.0 Å². The van der Waals surface area contributed by atoms with Gasteiger partial charge in [-0.1, -0.05) is 6.92 Å². The van der Waals surface area contributed by atoms with Gasteiger partial charge in [0.15, 0.2) is 5.78 Å². The molecule has 4 nitrogen and oxygen atoms in total. The minimum absolute atomic E-state index is 0.172. The second kappa shape index (κ2) is 5.96. The first-order valence-corrected chi connectivity index (χ1v) is 6.16. The Morgan fingerprint density at radius 2 is 2.24 bits per heavy atom. The van der Waals surface area contributed by atoms with E-state index >= 15 is 0 Å². The molecule has 1 rings (SSSR count). The number of Topliss-reactive ketones (excluding diaryl/α,β-unsaturated/α-hetero) is 1. The molecule has 4 heteroatoms. The smallest absolute Gasteiger partial charge is 0.164 e. The van der Waals surface area contributed by atoms with Gasteiger partial charge in [0, 0.05) is 26.3 Å². The van der Waals surface area contributed by atoms with Crippen molar-refractivity contribution in [2.45, 2.75) is 45.6 Å². The normalized spacial score (nSPS) is 14.6. The standard InChI is InChI=1S/C13H22N2O2/c1-5-13(3,17-6-2)12(16)8-7-11-9-14-15(4)10-11/h9-10H,5-8H2,1-4H3. The van der Waals surface area contributed by atoms with E-state index in [1.807, 2.05) is 34.0 Å². The molecule has 1 atom stereocenters. The summed E-state index contributed by atoms with van der Waals surface area (Å²) in [5, 5.41) is 4.09. The van der Waals surface area contributed by atoms with E-state index < -0.39 is 5.60 Å². The largest absolute Gasteiger partial charge is 0.368 e. The van der Waals surface area contributed by atoms with Crippen LogP contribution in [0.3, 0.4) is 0 Å². The number of hydrogen-bond acceptors (Lipinski definition) is 3. The number of nitrogens with zero attached hydrogens (tertiary/aromatic N) is 2. The summed E-state index contributed by atoms with van der Waals surface area (Å²) in [6.07, 6.45) is 5.70. The Labute approximate surface area is 103 Å². The van der Waals surface area contributed by atoms with Crippen LogP contribution in [-0.2, 0) is 23.0 Å². The topological polar surface area (TPSA) is 44.1 Å². The third kappa shape index (κ3) is 3.66.